The smallest absolute Gasteiger partial charge is 0.411 e. The highest BCUT2D eigenvalue weighted by Gasteiger charge is 2.63. The van der Waals surface area contributed by atoms with Crippen molar-refractivity contribution < 1.29 is 23.1 Å². The number of carboxylic acid groups (broad SMARTS) is 1. The van der Waals surface area contributed by atoms with E-state index in [4.69, 9.17) is 5.11 Å². The first kappa shape index (κ1) is 12.7. The molecule has 18 heavy (non-hydrogen) atoms. The number of aromatic carboxylic acids is 1. The summed E-state index contributed by atoms with van der Waals surface area (Å²) < 4.78 is 38.3. The highest BCUT2D eigenvalue weighted by Crippen LogP contribution is 2.51. The number of alkyl halides is 3. The molecule has 3 nitrogen and oxygen atoms in total. The summed E-state index contributed by atoms with van der Waals surface area (Å²) >= 11 is 0. The zero-order valence-electron chi connectivity index (χ0n) is 9.64. The van der Waals surface area contributed by atoms with Crippen molar-refractivity contribution in [1.29, 1.82) is 0 Å². The van der Waals surface area contributed by atoms with E-state index in [0.29, 0.717) is 11.3 Å². The maximum absolute atomic E-state index is 12.8. The molecule has 0 aliphatic heterocycles. The molecule has 2 rings (SSSR count). The van der Waals surface area contributed by atoms with Crippen LogP contribution in [0.2, 0.25) is 0 Å². The van der Waals surface area contributed by atoms with Gasteiger partial charge in [-0.2, -0.15) is 13.2 Å². The van der Waals surface area contributed by atoms with Crippen molar-refractivity contribution in [3.05, 3.63) is 29.3 Å². The summed E-state index contributed by atoms with van der Waals surface area (Å²) in [5.41, 5.74) is -0.946. The highest BCUT2D eigenvalue weighted by atomic mass is 19.4. The van der Waals surface area contributed by atoms with E-state index >= 15 is 0 Å². The fraction of sp³-hybridized carbons (Fsp3) is 0.417. The van der Waals surface area contributed by atoms with Gasteiger partial charge in [-0.3, -0.25) is 0 Å². The molecule has 0 atom stereocenters. The normalized spacial score (nSPS) is 17.3. The largest absolute Gasteiger partial charge is 0.478 e. The molecule has 0 bridgehead atoms. The molecule has 0 aromatic heterocycles. The molecular weight excluding hydrogens is 247 g/mol. The van der Waals surface area contributed by atoms with Crippen LogP contribution in [-0.2, 0) is 0 Å². The van der Waals surface area contributed by atoms with E-state index in [1.807, 2.05) is 0 Å². The van der Waals surface area contributed by atoms with Crippen LogP contribution >= 0.6 is 0 Å². The van der Waals surface area contributed by atoms with Crippen molar-refractivity contribution in [3.63, 3.8) is 0 Å². The lowest BCUT2D eigenvalue weighted by Gasteiger charge is -2.23. The Labute approximate surface area is 102 Å². The number of carbonyl (C=O) groups is 1. The minimum absolute atomic E-state index is 0.0522. The number of carboxylic acids is 1. The standard InChI is InChI=1S/C12H12F3NO2/c1-7-6-8(10(17)18)2-3-9(7)16-11(4-5-11)12(13,14)15/h2-3,6,16H,4-5H2,1H3,(H,17,18). The van der Waals surface area contributed by atoms with Gasteiger partial charge in [0.1, 0.15) is 5.54 Å². The van der Waals surface area contributed by atoms with Gasteiger partial charge >= 0.3 is 12.1 Å². The summed E-state index contributed by atoms with van der Waals surface area (Å²) in [6, 6.07) is 4.03. The number of rotatable bonds is 3. The molecule has 1 aliphatic carbocycles. The lowest BCUT2D eigenvalue weighted by atomic mass is 10.1. The van der Waals surface area contributed by atoms with Crippen LogP contribution in [0.15, 0.2) is 18.2 Å². The molecule has 1 aromatic carbocycles. The van der Waals surface area contributed by atoms with Crippen LogP contribution in [0.1, 0.15) is 28.8 Å². The second-order valence-electron chi connectivity index (χ2n) is 4.54. The number of halogens is 3. The molecule has 0 unspecified atom stereocenters. The Morgan fingerprint density at radius 1 is 1.39 bits per heavy atom. The van der Waals surface area contributed by atoms with Crippen LogP contribution in [0, 0.1) is 6.92 Å². The Bertz CT molecular complexity index is 493. The summed E-state index contributed by atoms with van der Waals surface area (Å²) in [4.78, 5) is 10.7. The first-order valence-corrected chi connectivity index (χ1v) is 5.44. The van der Waals surface area contributed by atoms with E-state index in [1.54, 1.807) is 6.92 Å². The third-order valence-corrected chi connectivity index (χ3v) is 3.14. The second kappa shape index (κ2) is 3.90. The van der Waals surface area contributed by atoms with E-state index in [9.17, 15) is 18.0 Å². The van der Waals surface area contributed by atoms with Gasteiger partial charge in [0.15, 0.2) is 0 Å². The summed E-state index contributed by atoms with van der Waals surface area (Å²) in [6.07, 6.45) is -4.18. The average Bonchev–Trinajstić information content (AvgIpc) is 3.01. The number of hydrogen-bond acceptors (Lipinski definition) is 2. The van der Waals surface area contributed by atoms with Gasteiger partial charge in [-0.1, -0.05) is 0 Å². The first-order valence-electron chi connectivity index (χ1n) is 5.44. The summed E-state index contributed by atoms with van der Waals surface area (Å²) in [5.74, 6) is -1.10. The Balaban J connectivity index is 2.24. The number of nitrogens with one attached hydrogen (secondary N) is 1. The SMILES string of the molecule is Cc1cc(C(=O)O)ccc1NC1(C(F)(F)F)CC1. The molecule has 6 heteroatoms. The van der Waals surface area contributed by atoms with Gasteiger partial charge in [0.25, 0.3) is 0 Å². The first-order chi connectivity index (χ1) is 8.25. The van der Waals surface area contributed by atoms with Gasteiger partial charge in [0, 0.05) is 5.69 Å². The maximum atomic E-state index is 12.8. The summed E-state index contributed by atoms with van der Waals surface area (Å²) in [5, 5.41) is 11.3. The lowest BCUT2D eigenvalue weighted by molar-refractivity contribution is -0.151. The van der Waals surface area contributed by atoms with Crippen molar-refractivity contribution >= 4 is 11.7 Å². The van der Waals surface area contributed by atoms with Gasteiger partial charge in [0.05, 0.1) is 5.56 Å². The van der Waals surface area contributed by atoms with E-state index < -0.39 is 17.7 Å². The van der Waals surface area contributed by atoms with Crippen LogP contribution in [0.3, 0.4) is 0 Å². The van der Waals surface area contributed by atoms with E-state index in [1.165, 1.54) is 18.2 Å². The minimum Gasteiger partial charge on any atom is -0.478 e. The molecule has 98 valence electrons. The molecule has 1 saturated carbocycles. The zero-order chi connectivity index (χ0) is 13.6. The predicted molar refractivity (Wildman–Crippen MR) is 59.8 cm³/mol. The van der Waals surface area contributed by atoms with Crippen molar-refractivity contribution in [2.45, 2.75) is 31.5 Å². The second-order valence-corrected chi connectivity index (χ2v) is 4.54. The van der Waals surface area contributed by atoms with Crippen molar-refractivity contribution in [1.82, 2.24) is 0 Å². The lowest BCUT2D eigenvalue weighted by Crippen LogP contribution is -2.38. The molecule has 0 radical (unpaired) electrons. The quantitative estimate of drug-likeness (QED) is 0.876. The van der Waals surface area contributed by atoms with Gasteiger partial charge in [0.2, 0.25) is 0 Å². The van der Waals surface area contributed by atoms with Gasteiger partial charge in [-0.05, 0) is 43.5 Å². The number of benzene rings is 1. The molecule has 0 heterocycles. The maximum Gasteiger partial charge on any atom is 0.411 e. The zero-order valence-corrected chi connectivity index (χ0v) is 9.64. The number of anilines is 1. The van der Waals surface area contributed by atoms with Crippen LogP contribution in [0.4, 0.5) is 18.9 Å². The topological polar surface area (TPSA) is 49.3 Å². The Hall–Kier alpha value is -1.72. The fourth-order valence-corrected chi connectivity index (χ4v) is 1.80. The average molecular weight is 259 g/mol. The monoisotopic (exact) mass is 259 g/mol. The van der Waals surface area contributed by atoms with E-state index in [0.717, 1.165) is 0 Å². The van der Waals surface area contributed by atoms with Gasteiger partial charge in [-0.25, -0.2) is 4.79 Å². The molecule has 0 saturated heterocycles. The van der Waals surface area contributed by atoms with E-state index in [-0.39, 0.29) is 18.4 Å². The molecule has 1 aliphatic rings. The molecule has 1 fully saturated rings. The Morgan fingerprint density at radius 3 is 2.39 bits per heavy atom. The molecule has 2 N–H and O–H groups in total. The van der Waals surface area contributed by atoms with Crippen molar-refractivity contribution in [3.8, 4) is 0 Å². The highest BCUT2D eigenvalue weighted by molar-refractivity contribution is 5.88. The Kier molecular flexibility index (Phi) is 2.76. The van der Waals surface area contributed by atoms with Gasteiger partial charge in [-0.15, -0.1) is 0 Å². The van der Waals surface area contributed by atoms with Crippen LogP contribution in [-0.4, -0.2) is 22.8 Å². The van der Waals surface area contributed by atoms with Gasteiger partial charge < -0.3 is 10.4 Å². The van der Waals surface area contributed by atoms with Crippen LogP contribution < -0.4 is 5.32 Å². The number of aryl methyl sites for hydroxylation is 1. The van der Waals surface area contributed by atoms with Crippen molar-refractivity contribution in [2.75, 3.05) is 5.32 Å². The van der Waals surface area contributed by atoms with Crippen LogP contribution in [0.25, 0.3) is 0 Å². The summed E-state index contributed by atoms with van der Waals surface area (Å²) in [7, 11) is 0. The third-order valence-electron chi connectivity index (χ3n) is 3.14. The van der Waals surface area contributed by atoms with Crippen LogP contribution in [0.5, 0.6) is 0 Å². The van der Waals surface area contributed by atoms with Crippen molar-refractivity contribution in [2.24, 2.45) is 0 Å². The third kappa shape index (κ3) is 2.14. The molecule has 1 aromatic rings. The molecule has 0 spiro atoms. The predicted octanol–water partition coefficient (Wildman–Crippen LogP) is 3.20. The Morgan fingerprint density at radius 2 is 2.00 bits per heavy atom. The summed E-state index contributed by atoms with van der Waals surface area (Å²) in [6.45, 7) is 1.58. The number of hydrogen-bond donors (Lipinski definition) is 2. The van der Waals surface area contributed by atoms with E-state index in [2.05, 4.69) is 5.32 Å². The fourth-order valence-electron chi connectivity index (χ4n) is 1.80. The molecular formula is C12H12F3NO2. The molecule has 0 amide bonds. The minimum atomic E-state index is -4.29.